The molecule has 1 aliphatic heterocycles. The molecule has 1 amide bonds. The zero-order chi connectivity index (χ0) is 21.8. The van der Waals surface area contributed by atoms with E-state index in [1.807, 2.05) is 49.3 Å². The number of rotatable bonds is 8. The molecule has 7 nitrogen and oxygen atoms in total. The van der Waals surface area contributed by atoms with Gasteiger partial charge in [-0.05, 0) is 19.5 Å². The Morgan fingerprint density at radius 3 is 2.74 bits per heavy atom. The normalized spacial score (nSPS) is 16.3. The van der Waals surface area contributed by atoms with Gasteiger partial charge >= 0.3 is 0 Å². The lowest BCUT2D eigenvalue weighted by molar-refractivity contribution is -0.128. The summed E-state index contributed by atoms with van der Waals surface area (Å²) in [7, 11) is 3.92. The Bertz CT molecular complexity index is 1040. The molecule has 2 aromatic heterocycles. The molecule has 1 aromatic carbocycles. The predicted molar refractivity (Wildman–Crippen MR) is 123 cm³/mol. The van der Waals surface area contributed by atoms with E-state index in [2.05, 4.69) is 39.4 Å². The number of hydrogen-bond donors (Lipinski definition) is 1. The first kappa shape index (κ1) is 21.4. The number of aromatic nitrogens is 3. The molecule has 1 fully saturated rings. The second-order valence-electron chi connectivity index (χ2n) is 8.02. The van der Waals surface area contributed by atoms with Crippen LogP contribution in [0.4, 0.5) is 5.82 Å². The van der Waals surface area contributed by atoms with Gasteiger partial charge in [-0.2, -0.15) is 0 Å². The number of thiazole rings is 1. The van der Waals surface area contributed by atoms with Gasteiger partial charge in [0.05, 0.1) is 17.2 Å². The number of anilines is 1. The van der Waals surface area contributed by atoms with Crippen molar-refractivity contribution < 1.29 is 4.79 Å². The number of amides is 1. The summed E-state index contributed by atoms with van der Waals surface area (Å²) in [5, 5.41) is 4.22. The van der Waals surface area contributed by atoms with Crippen LogP contribution in [-0.2, 0) is 24.4 Å². The number of hydrogen-bond acceptors (Lipinski definition) is 7. The van der Waals surface area contributed by atoms with E-state index in [-0.39, 0.29) is 11.8 Å². The van der Waals surface area contributed by atoms with Crippen LogP contribution in [0.15, 0.2) is 42.6 Å². The summed E-state index contributed by atoms with van der Waals surface area (Å²) in [6.45, 7) is 4.78. The molecule has 31 heavy (non-hydrogen) atoms. The number of likely N-dealkylation sites (tertiary alicyclic amines) is 1. The molecule has 4 rings (SSSR count). The molecule has 1 aliphatic rings. The zero-order valence-corrected chi connectivity index (χ0v) is 19.0. The number of carbonyl (C=O) groups is 1. The van der Waals surface area contributed by atoms with E-state index in [1.54, 1.807) is 11.3 Å². The smallest absolute Gasteiger partial charge is 0.223 e. The van der Waals surface area contributed by atoms with Gasteiger partial charge in [0.25, 0.3) is 0 Å². The van der Waals surface area contributed by atoms with Crippen LogP contribution in [0.2, 0.25) is 0 Å². The van der Waals surface area contributed by atoms with Gasteiger partial charge in [-0.1, -0.05) is 30.3 Å². The average Bonchev–Trinajstić information content (AvgIpc) is 3.33. The Morgan fingerprint density at radius 2 is 2.03 bits per heavy atom. The minimum absolute atomic E-state index is 0.0829. The van der Waals surface area contributed by atoms with E-state index in [0.717, 1.165) is 34.5 Å². The van der Waals surface area contributed by atoms with E-state index in [4.69, 9.17) is 4.98 Å². The van der Waals surface area contributed by atoms with Crippen LogP contribution in [0.1, 0.15) is 39.3 Å². The molecule has 0 aliphatic carbocycles. The van der Waals surface area contributed by atoms with Gasteiger partial charge in [-0.15, -0.1) is 11.3 Å². The molecule has 0 spiro atoms. The second kappa shape index (κ2) is 9.53. The molecule has 0 radical (unpaired) electrons. The second-order valence-corrected chi connectivity index (χ2v) is 9.34. The number of nitrogens with one attached hydrogen (secondary N) is 1. The predicted octanol–water partition coefficient (Wildman–Crippen LogP) is 3.43. The lowest BCUT2D eigenvalue weighted by Crippen LogP contribution is -2.24. The Kier molecular flexibility index (Phi) is 6.58. The minimum atomic E-state index is 0.0829. The summed E-state index contributed by atoms with van der Waals surface area (Å²) in [6.07, 6.45) is 2.42. The van der Waals surface area contributed by atoms with Crippen molar-refractivity contribution >= 4 is 23.1 Å². The first-order valence-corrected chi connectivity index (χ1v) is 11.3. The maximum absolute atomic E-state index is 12.6. The lowest BCUT2D eigenvalue weighted by Gasteiger charge is -2.18. The quantitative estimate of drug-likeness (QED) is 0.583. The lowest BCUT2D eigenvalue weighted by atomic mass is 10.0. The first-order chi connectivity index (χ1) is 15.0. The van der Waals surface area contributed by atoms with Gasteiger partial charge in [-0.25, -0.2) is 15.0 Å². The van der Waals surface area contributed by atoms with E-state index in [9.17, 15) is 4.79 Å². The highest BCUT2D eigenvalue weighted by atomic mass is 32.1. The van der Waals surface area contributed by atoms with E-state index < -0.39 is 0 Å². The third-order valence-corrected chi connectivity index (χ3v) is 6.30. The van der Waals surface area contributed by atoms with Crippen molar-refractivity contribution in [1.82, 2.24) is 24.8 Å². The summed E-state index contributed by atoms with van der Waals surface area (Å²) in [6, 6.07) is 12.1. The summed E-state index contributed by atoms with van der Waals surface area (Å²) < 4.78 is 0. The number of benzene rings is 1. The van der Waals surface area contributed by atoms with E-state index in [1.165, 1.54) is 4.88 Å². The van der Waals surface area contributed by atoms with Gasteiger partial charge in [0.1, 0.15) is 11.6 Å². The molecule has 1 atom stereocenters. The third-order valence-electron chi connectivity index (χ3n) is 5.40. The Labute approximate surface area is 187 Å². The standard InChI is InChI=1S/C23H28N6OS/c1-16-25-11-19(31-16)14-28(3)15-22-26-20(10-21(24-2)27-22)18-9-23(30)29(13-18)12-17-7-5-4-6-8-17/h4-8,10-11,18H,9,12-15H2,1-3H3,(H,24,26,27). The SMILES string of the molecule is CNc1cc(C2CC(=O)N(Cc3ccccc3)C2)nc(CN(C)Cc2cnc(C)s2)n1. The monoisotopic (exact) mass is 436 g/mol. The maximum atomic E-state index is 12.6. The third kappa shape index (κ3) is 5.45. The topological polar surface area (TPSA) is 74.2 Å². The van der Waals surface area contributed by atoms with E-state index in [0.29, 0.717) is 26.1 Å². The van der Waals surface area contributed by atoms with Crippen LogP contribution >= 0.6 is 11.3 Å². The summed E-state index contributed by atoms with van der Waals surface area (Å²) in [5.41, 5.74) is 2.08. The van der Waals surface area contributed by atoms with Crippen LogP contribution < -0.4 is 5.32 Å². The van der Waals surface area contributed by atoms with Crippen LogP contribution in [0.25, 0.3) is 0 Å². The summed E-state index contributed by atoms with van der Waals surface area (Å²) in [5.74, 6) is 1.81. The molecule has 1 N–H and O–H groups in total. The number of aryl methyl sites for hydroxylation is 1. The molecular weight excluding hydrogens is 408 g/mol. The molecule has 0 bridgehead atoms. The fourth-order valence-corrected chi connectivity index (χ4v) is 4.77. The summed E-state index contributed by atoms with van der Waals surface area (Å²) in [4.78, 5) is 31.8. The molecular formula is C23H28N6OS. The van der Waals surface area contributed by atoms with Crippen molar-refractivity contribution in [1.29, 1.82) is 0 Å². The first-order valence-electron chi connectivity index (χ1n) is 10.5. The molecule has 3 heterocycles. The Balaban J connectivity index is 1.46. The molecule has 162 valence electrons. The van der Waals surface area contributed by atoms with Crippen molar-refractivity contribution in [2.75, 3.05) is 26.0 Å². The highest BCUT2D eigenvalue weighted by molar-refractivity contribution is 7.11. The highest BCUT2D eigenvalue weighted by Crippen LogP contribution is 2.29. The van der Waals surface area contributed by atoms with Crippen LogP contribution in [-0.4, -0.2) is 51.3 Å². The average molecular weight is 437 g/mol. The van der Waals surface area contributed by atoms with Crippen molar-refractivity contribution in [3.63, 3.8) is 0 Å². The van der Waals surface area contributed by atoms with Crippen molar-refractivity contribution in [2.45, 2.75) is 38.9 Å². The Hall–Kier alpha value is -2.84. The molecule has 3 aromatic rings. The van der Waals surface area contributed by atoms with Gasteiger partial charge in [0.2, 0.25) is 5.91 Å². The van der Waals surface area contributed by atoms with Crippen molar-refractivity contribution in [2.24, 2.45) is 0 Å². The van der Waals surface area contributed by atoms with Gasteiger partial charge in [-0.3, -0.25) is 9.69 Å². The van der Waals surface area contributed by atoms with Gasteiger partial charge in [0.15, 0.2) is 0 Å². The van der Waals surface area contributed by atoms with E-state index >= 15 is 0 Å². The van der Waals surface area contributed by atoms with Crippen LogP contribution in [0, 0.1) is 6.92 Å². The fourth-order valence-electron chi connectivity index (χ4n) is 3.89. The fraction of sp³-hybridized carbons (Fsp3) is 0.391. The van der Waals surface area contributed by atoms with Gasteiger partial charge < -0.3 is 10.2 Å². The number of carbonyl (C=O) groups excluding carboxylic acids is 1. The minimum Gasteiger partial charge on any atom is -0.373 e. The van der Waals surface area contributed by atoms with Crippen molar-refractivity contribution in [3.8, 4) is 0 Å². The van der Waals surface area contributed by atoms with Crippen LogP contribution in [0.5, 0.6) is 0 Å². The molecule has 1 unspecified atom stereocenters. The van der Waals surface area contributed by atoms with Crippen molar-refractivity contribution in [3.05, 3.63) is 69.6 Å². The zero-order valence-electron chi connectivity index (χ0n) is 18.2. The molecule has 1 saturated heterocycles. The molecule has 8 heteroatoms. The van der Waals surface area contributed by atoms with Crippen LogP contribution in [0.3, 0.4) is 0 Å². The highest BCUT2D eigenvalue weighted by Gasteiger charge is 2.32. The van der Waals surface area contributed by atoms with Gasteiger partial charge in [0, 0.05) is 56.2 Å². The maximum Gasteiger partial charge on any atom is 0.223 e. The largest absolute Gasteiger partial charge is 0.373 e. The molecule has 0 saturated carbocycles. The summed E-state index contributed by atoms with van der Waals surface area (Å²) >= 11 is 1.71. The Morgan fingerprint density at radius 1 is 1.23 bits per heavy atom. The number of nitrogens with zero attached hydrogens (tertiary/aromatic N) is 5.